The summed E-state index contributed by atoms with van der Waals surface area (Å²) in [6, 6.07) is 16.0. The van der Waals surface area contributed by atoms with E-state index in [-0.39, 0.29) is 19.0 Å². The number of carbonyl (C=O) groups excluding carboxylic acids is 1. The molecule has 8 nitrogen and oxygen atoms in total. The Morgan fingerprint density at radius 2 is 1.74 bits per heavy atom. The molecule has 0 spiro atoms. The number of hydrogen-bond acceptors (Lipinski definition) is 6. The molecule has 2 aromatic carbocycles. The zero-order chi connectivity index (χ0) is 24.1. The van der Waals surface area contributed by atoms with Gasteiger partial charge in [-0.2, -0.15) is 0 Å². The minimum atomic E-state index is -3.49. The summed E-state index contributed by atoms with van der Waals surface area (Å²) in [5.41, 5.74) is 2.77. The largest absolute Gasteiger partial charge is 0.454 e. The van der Waals surface area contributed by atoms with E-state index in [0.717, 1.165) is 35.2 Å². The van der Waals surface area contributed by atoms with Crippen LogP contribution < -0.4 is 14.8 Å². The maximum absolute atomic E-state index is 13.2. The predicted octanol–water partition coefficient (Wildman–Crippen LogP) is 3.95. The number of nitrogens with zero attached hydrogens (tertiary/aromatic N) is 2. The van der Waals surface area contributed by atoms with E-state index in [1.807, 2.05) is 31.2 Å². The molecule has 2 heterocycles. The lowest BCUT2D eigenvalue weighted by atomic mass is 9.94. The van der Waals surface area contributed by atoms with Crippen molar-refractivity contribution in [2.75, 3.05) is 26.2 Å². The highest BCUT2D eigenvalue weighted by molar-refractivity contribution is 7.89. The van der Waals surface area contributed by atoms with E-state index >= 15 is 0 Å². The van der Waals surface area contributed by atoms with E-state index in [4.69, 9.17) is 9.47 Å². The summed E-state index contributed by atoms with van der Waals surface area (Å²) in [7, 11) is -0.480. The Balaban J connectivity index is 0.00000289. The van der Waals surface area contributed by atoms with Crippen LogP contribution in [0.25, 0.3) is 11.1 Å². The van der Waals surface area contributed by atoms with Gasteiger partial charge in [-0.15, -0.1) is 0 Å². The number of hydrogen-bond donors (Lipinski definition) is 1. The molecule has 5 rings (SSSR count). The van der Waals surface area contributed by atoms with Gasteiger partial charge in [-0.3, -0.25) is 4.79 Å². The van der Waals surface area contributed by atoms with Crippen LogP contribution in [0.15, 0.2) is 59.5 Å². The average molecular weight is 482 g/mol. The van der Waals surface area contributed by atoms with Gasteiger partial charge in [-0.1, -0.05) is 18.2 Å². The van der Waals surface area contributed by atoms with E-state index < -0.39 is 15.4 Å². The predicted molar refractivity (Wildman–Crippen MR) is 130 cm³/mol. The zero-order valence-electron chi connectivity index (χ0n) is 19.2. The van der Waals surface area contributed by atoms with Gasteiger partial charge < -0.3 is 14.8 Å². The number of pyridine rings is 1. The fraction of sp³-hybridized carbons (Fsp3) is 0.280. The summed E-state index contributed by atoms with van der Waals surface area (Å²) >= 11 is 0. The van der Waals surface area contributed by atoms with Gasteiger partial charge in [-0.05, 0) is 67.3 Å². The summed E-state index contributed by atoms with van der Waals surface area (Å²) in [4.78, 5) is 18.0. The number of anilines is 1. The second-order valence-corrected chi connectivity index (χ2v) is 10.9. The highest BCUT2D eigenvalue weighted by Gasteiger charge is 2.51. The second-order valence-electron chi connectivity index (χ2n) is 8.75. The van der Waals surface area contributed by atoms with E-state index in [1.54, 1.807) is 30.3 Å². The Kier molecular flexibility index (Phi) is 5.33. The lowest BCUT2D eigenvalue weighted by molar-refractivity contribution is -0.118. The van der Waals surface area contributed by atoms with Crippen molar-refractivity contribution in [1.82, 2.24) is 9.29 Å². The lowest BCUT2D eigenvalue weighted by Crippen LogP contribution is -2.28. The summed E-state index contributed by atoms with van der Waals surface area (Å²) < 4.78 is 36.6. The van der Waals surface area contributed by atoms with Crippen LogP contribution in [0.1, 0.15) is 25.5 Å². The molecule has 3 aromatic rings. The molecule has 1 aromatic heterocycles. The van der Waals surface area contributed by atoms with Crippen molar-refractivity contribution in [3.8, 4) is 22.6 Å². The molecule has 1 aliphatic carbocycles. The third-order valence-corrected chi connectivity index (χ3v) is 8.21. The van der Waals surface area contributed by atoms with Gasteiger partial charge in [0.1, 0.15) is 5.82 Å². The second kappa shape index (κ2) is 8.11. The standard InChI is InChI=1S/C25H25N3O5S.H2/c1-16-20(17-4-7-19(8-5-17)34(30,31)28(2)3)9-11-23(26-16)27-24(29)25(12-13-25)18-6-10-21-22(14-18)33-15-32-21;/h4-11,14H,12-13,15H2,1-3H3,(H,26,27,29);1H. The molecule has 1 N–H and O–H groups in total. The van der Waals surface area contributed by atoms with Crippen LogP contribution in [0, 0.1) is 6.92 Å². The topological polar surface area (TPSA) is 97.8 Å². The van der Waals surface area contributed by atoms with Gasteiger partial charge >= 0.3 is 0 Å². The molecule has 1 aliphatic heterocycles. The van der Waals surface area contributed by atoms with Crippen LogP contribution in [0.3, 0.4) is 0 Å². The number of aromatic nitrogens is 1. The summed E-state index contributed by atoms with van der Waals surface area (Å²) in [5.74, 6) is 1.74. The van der Waals surface area contributed by atoms with E-state index in [0.29, 0.717) is 17.3 Å². The van der Waals surface area contributed by atoms with Gasteiger partial charge in [0, 0.05) is 26.8 Å². The van der Waals surface area contributed by atoms with Crippen LogP contribution in [0.2, 0.25) is 0 Å². The molecule has 0 atom stereocenters. The first-order valence-corrected chi connectivity index (χ1v) is 12.4. The van der Waals surface area contributed by atoms with Crippen molar-refractivity contribution in [2.45, 2.75) is 30.1 Å². The molecular weight excluding hydrogens is 454 g/mol. The van der Waals surface area contributed by atoms with Crippen molar-refractivity contribution in [2.24, 2.45) is 0 Å². The highest BCUT2D eigenvalue weighted by Crippen LogP contribution is 2.51. The van der Waals surface area contributed by atoms with Crippen molar-refractivity contribution < 1.29 is 24.1 Å². The highest BCUT2D eigenvalue weighted by atomic mass is 32.2. The Bertz CT molecular complexity index is 1390. The third kappa shape index (κ3) is 3.80. The number of sulfonamides is 1. The third-order valence-electron chi connectivity index (χ3n) is 6.38. The molecule has 1 amide bonds. The monoisotopic (exact) mass is 481 g/mol. The van der Waals surface area contributed by atoms with Crippen LogP contribution in [-0.4, -0.2) is 44.5 Å². The Morgan fingerprint density at radius 1 is 1.03 bits per heavy atom. The van der Waals surface area contributed by atoms with Crippen LogP contribution in [0.4, 0.5) is 5.82 Å². The van der Waals surface area contributed by atoms with E-state index in [1.165, 1.54) is 18.4 Å². The lowest BCUT2D eigenvalue weighted by Gasteiger charge is -2.17. The number of carbonyl (C=O) groups is 1. The smallest absolute Gasteiger partial charge is 0.242 e. The SMILES string of the molecule is Cc1nc(NC(=O)C2(c3ccc4c(c3)OCO4)CC2)ccc1-c1ccc(S(=O)(=O)N(C)C)cc1.[HH]. The van der Waals surface area contributed by atoms with Crippen LogP contribution >= 0.6 is 0 Å². The van der Waals surface area contributed by atoms with E-state index in [9.17, 15) is 13.2 Å². The van der Waals surface area contributed by atoms with Crippen LogP contribution in [0.5, 0.6) is 11.5 Å². The maximum atomic E-state index is 13.2. The van der Waals surface area contributed by atoms with E-state index in [2.05, 4.69) is 10.3 Å². The molecule has 0 radical (unpaired) electrons. The molecule has 178 valence electrons. The number of rotatable bonds is 6. The molecule has 0 bridgehead atoms. The van der Waals surface area contributed by atoms with Crippen molar-refractivity contribution in [3.63, 3.8) is 0 Å². The fourth-order valence-electron chi connectivity index (χ4n) is 4.16. The first kappa shape index (κ1) is 22.4. The molecule has 9 heteroatoms. The summed E-state index contributed by atoms with van der Waals surface area (Å²) in [6.07, 6.45) is 1.52. The first-order chi connectivity index (χ1) is 16.2. The average Bonchev–Trinajstić information content (AvgIpc) is 3.50. The number of ether oxygens (including phenoxy) is 2. The Morgan fingerprint density at radius 3 is 2.38 bits per heavy atom. The molecule has 0 saturated heterocycles. The molecule has 0 unspecified atom stereocenters. The number of amides is 1. The Labute approximate surface area is 200 Å². The normalized spacial score (nSPS) is 15.9. The van der Waals surface area contributed by atoms with Crippen molar-refractivity contribution in [3.05, 3.63) is 65.9 Å². The zero-order valence-corrected chi connectivity index (χ0v) is 20.0. The number of aryl methyl sites for hydroxylation is 1. The summed E-state index contributed by atoms with van der Waals surface area (Å²) in [6.45, 7) is 2.06. The quantitative estimate of drug-likeness (QED) is 0.573. The Hall–Kier alpha value is -3.43. The summed E-state index contributed by atoms with van der Waals surface area (Å²) in [5, 5.41) is 2.96. The van der Waals surface area contributed by atoms with Crippen molar-refractivity contribution >= 4 is 21.7 Å². The minimum absolute atomic E-state index is 0. The van der Waals surface area contributed by atoms with Gasteiger partial charge in [0.05, 0.1) is 10.3 Å². The molecule has 34 heavy (non-hydrogen) atoms. The number of nitrogens with one attached hydrogen (secondary N) is 1. The maximum Gasteiger partial charge on any atom is 0.242 e. The first-order valence-electron chi connectivity index (χ1n) is 10.9. The molecule has 1 fully saturated rings. The van der Waals surface area contributed by atoms with Crippen LogP contribution in [-0.2, 0) is 20.2 Å². The van der Waals surface area contributed by atoms with Crippen molar-refractivity contribution in [1.29, 1.82) is 0 Å². The van der Waals surface area contributed by atoms with Gasteiger partial charge in [-0.25, -0.2) is 17.7 Å². The van der Waals surface area contributed by atoms with Gasteiger partial charge in [0.15, 0.2) is 11.5 Å². The fourth-order valence-corrected chi connectivity index (χ4v) is 5.06. The number of benzene rings is 2. The number of fused-ring (bicyclic) bond motifs is 1. The van der Waals surface area contributed by atoms with Gasteiger partial charge in [0.25, 0.3) is 0 Å². The molecular formula is C25H27N3O5S. The molecule has 2 aliphatic rings. The minimum Gasteiger partial charge on any atom is -0.454 e. The molecule has 1 saturated carbocycles. The van der Waals surface area contributed by atoms with Gasteiger partial charge in [0.2, 0.25) is 22.7 Å².